The molecular formula is C18H13F5O. The summed E-state index contributed by atoms with van der Waals surface area (Å²) in [5, 5.41) is 0. The smallest absolute Gasteiger partial charge is 0.426 e. The number of hydrogen-bond donors (Lipinski definition) is 0. The predicted octanol–water partition coefficient (Wildman–Crippen LogP) is 5.72. The molecule has 24 heavy (non-hydrogen) atoms. The maximum Gasteiger partial charge on any atom is 0.426 e. The number of alkyl halides is 4. The summed E-state index contributed by atoms with van der Waals surface area (Å²) in [5.41, 5.74) is -0.803. The molecule has 126 valence electrons. The van der Waals surface area contributed by atoms with Gasteiger partial charge in [-0.2, -0.15) is 8.78 Å². The van der Waals surface area contributed by atoms with E-state index in [2.05, 4.69) is 11.3 Å². The lowest BCUT2D eigenvalue weighted by Crippen LogP contribution is -2.24. The van der Waals surface area contributed by atoms with Crippen LogP contribution in [0.3, 0.4) is 0 Å². The van der Waals surface area contributed by atoms with Crippen LogP contribution in [-0.2, 0) is 6.11 Å². The van der Waals surface area contributed by atoms with Crippen LogP contribution in [0.2, 0.25) is 0 Å². The molecule has 2 atom stereocenters. The summed E-state index contributed by atoms with van der Waals surface area (Å²) >= 11 is 0. The number of hydrogen-bond acceptors (Lipinski definition) is 1. The number of fused-ring (bicyclic) bond motifs is 1. The van der Waals surface area contributed by atoms with E-state index in [-0.39, 0.29) is 17.6 Å². The fourth-order valence-corrected chi connectivity index (χ4v) is 2.69. The maximum atomic E-state index is 14.5. The van der Waals surface area contributed by atoms with Crippen LogP contribution in [0, 0.1) is 5.82 Å². The molecule has 0 spiro atoms. The summed E-state index contributed by atoms with van der Waals surface area (Å²) in [4.78, 5) is 0. The number of ether oxygens (including phenoxy) is 1. The minimum absolute atomic E-state index is 0.0873. The van der Waals surface area contributed by atoms with Gasteiger partial charge in [0.1, 0.15) is 6.17 Å². The summed E-state index contributed by atoms with van der Waals surface area (Å²) in [5.74, 6) is -2.17. The molecule has 2 aromatic rings. The summed E-state index contributed by atoms with van der Waals surface area (Å²) in [7, 11) is 0. The van der Waals surface area contributed by atoms with Crippen molar-refractivity contribution in [3.63, 3.8) is 0 Å². The fraction of sp³-hybridized carbons (Fsp3) is 0.222. The molecule has 1 aliphatic carbocycles. The Balaban J connectivity index is 2.00. The van der Waals surface area contributed by atoms with Crippen LogP contribution < -0.4 is 4.74 Å². The van der Waals surface area contributed by atoms with Crippen molar-refractivity contribution < 1.29 is 26.7 Å². The molecule has 0 saturated carbocycles. The number of allylic oxidation sites excluding steroid dienone is 1. The lowest BCUT2D eigenvalue weighted by Gasteiger charge is -2.27. The Morgan fingerprint density at radius 1 is 1.04 bits per heavy atom. The van der Waals surface area contributed by atoms with Gasteiger partial charge in [-0.1, -0.05) is 30.8 Å². The maximum absolute atomic E-state index is 14.5. The second kappa shape index (κ2) is 5.92. The average molecular weight is 340 g/mol. The molecule has 0 bridgehead atoms. The van der Waals surface area contributed by atoms with Gasteiger partial charge < -0.3 is 4.74 Å². The largest absolute Gasteiger partial charge is 0.426 e. The van der Waals surface area contributed by atoms with Crippen molar-refractivity contribution in [2.24, 2.45) is 0 Å². The molecule has 2 unspecified atom stereocenters. The van der Waals surface area contributed by atoms with Gasteiger partial charge in [0.2, 0.25) is 0 Å². The van der Waals surface area contributed by atoms with Crippen molar-refractivity contribution in [3.8, 4) is 5.75 Å². The van der Waals surface area contributed by atoms with Crippen molar-refractivity contribution in [1.82, 2.24) is 0 Å². The van der Waals surface area contributed by atoms with Crippen LogP contribution in [0.15, 0.2) is 49.0 Å². The topological polar surface area (TPSA) is 9.23 Å². The highest BCUT2D eigenvalue weighted by Gasteiger charge is 2.39. The van der Waals surface area contributed by atoms with Gasteiger partial charge >= 0.3 is 6.11 Å². The molecular weight excluding hydrogens is 327 g/mol. The van der Waals surface area contributed by atoms with Gasteiger partial charge in [0.25, 0.3) is 0 Å². The van der Waals surface area contributed by atoms with Crippen molar-refractivity contribution in [3.05, 3.63) is 71.6 Å². The van der Waals surface area contributed by atoms with Crippen LogP contribution in [0.5, 0.6) is 5.75 Å². The quantitative estimate of drug-likeness (QED) is 0.649. The second-order valence-electron chi connectivity index (χ2n) is 5.55. The minimum Gasteiger partial charge on any atom is -0.426 e. The molecule has 0 aromatic heterocycles. The first-order valence-electron chi connectivity index (χ1n) is 7.22. The van der Waals surface area contributed by atoms with Crippen molar-refractivity contribution >= 4 is 5.57 Å². The fourth-order valence-electron chi connectivity index (χ4n) is 2.69. The summed E-state index contributed by atoms with van der Waals surface area (Å²) in [6.07, 6.45) is -8.31. The van der Waals surface area contributed by atoms with Crippen molar-refractivity contribution in [2.45, 2.75) is 24.9 Å². The normalized spacial score (nSPS) is 20.6. The van der Waals surface area contributed by atoms with Gasteiger partial charge in [-0.3, -0.25) is 0 Å². The third kappa shape index (κ3) is 2.77. The molecule has 0 N–H and O–H groups in total. The van der Waals surface area contributed by atoms with Crippen LogP contribution in [0.4, 0.5) is 22.0 Å². The van der Waals surface area contributed by atoms with Gasteiger partial charge in [0.05, 0.1) is 5.56 Å². The molecule has 3 rings (SSSR count). The first kappa shape index (κ1) is 16.5. The van der Waals surface area contributed by atoms with Gasteiger partial charge in [0.15, 0.2) is 17.7 Å². The SMILES string of the molecule is C=C1CC(F)C(F)c2c1ccc(OC(F)(F)c1ccccc1)c2F. The highest BCUT2D eigenvalue weighted by molar-refractivity contribution is 5.70. The van der Waals surface area contributed by atoms with E-state index in [1.54, 1.807) is 6.07 Å². The molecule has 2 aromatic carbocycles. The predicted molar refractivity (Wildman–Crippen MR) is 79.8 cm³/mol. The Bertz CT molecular complexity index is 772. The molecule has 1 nitrogen and oxygen atoms in total. The first-order chi connectivity index (χ1) is 11.3. The van der Waals surface area contributed by atoms with E-state index >= 15 is 0 Å². The third-order valence-electron chi connectivity index (χ3n) is 3.91. The lowest BCUT2D eigenvalue weighted by molar-refractivity contribution is -0.187. The lowest BCUT2D eigenvalue weighted by atomic mass is 9.85. The van der Waals surface area contributed by atoms with Gasteiger partial charge in [0, 0.05) is 12.0 Å². The van der Waals surface area contributed by atoms with Gasteiger partial charge in [-0.25, -0.2) is 13.2 Å². The number of rotatable bonds is 3. The molecule has 1 aliphatic rings. The second-order valence-corrected chi connectivity index (χ2v) is 5.55. The zero-order valence-corrected chi connectivity index (χ0v) is 12.4. The molecule has 0 amide bonds. The van der Waals surface area contributed by atoms with E-state index in [0.29, 0.717) is 0 Å². The third-order valence-corrected chi connectivity index (χ3v) is 3.91. The molecule has 6 heteroatoms. The molecule has 0 heterocycles. The zero-order valence-electron chi connectivity index (χ0n) is 12.4. The molecule has 0 aliphatic heterocycles. The van der Waals surface area contributed by atoms with Crippen LogP contribution in [0.1, 0.15) is 29.3 Å². The Hall–Kier alpha value is -2.37. The molecule has 0 saturated heterocycles. The Morgan fingerprint density at radius 3 is 2.38 bits per heavy atom. The monoisotopic (exact) mass is 340 g/mol. The summed E-state index contributed by atoms with van der Waals surface area (Å²) in [6.45, 7) is 3.57. The van der Waals surface area contributed by atoms with Gasteiger partial charge in [-0.15, -0.1) is 0 Å². The van der Waals surface area contributed by atoms with E-state index < -0.39 is 41.1 Å². The van der Waals surface area contributed by atoms with E-state index in [4.69, 9.17) is 0 Å². The van der Waals surface area contributed by atoms with E-state index in [9.17, 15) is 22.0 Å². The van der Waals surface area contributed by atoms with Crippen LogP contribution >= 0.6 is 0 Å². The highest BCUT2D eigenvalue weighted by Crippen LogP contribution is 2.44. The van der Waals surface area contributed by atoms with E-state index in [1.807, 2.05) is 0 Å². The summed E-state index contributed by atoms with van der Waals surface area (Å²) in [6, 6.07) is 8.73. The standard InChI is InChI=1S/C18H13F5O/c1-10-9-13(19)16(20)15-12(10)7-8-14(17(15)21)24-18(22,23)11-5-3-2-4-6-11/h2-8,13,16H,1,9H2. The highest BCUT2D eigenvalue weighted by atomic mass is 19.3. The zero-order chi connectivity index (χ0) is 17.5. The average Bonchev–Trinajstić information content (AvgIpc) is 2.55. The number of halogens is 5. The summed E-state index contributed by atoms with van der Waals surface area (Å²) < 4.78 is 74.9. The molecule has 0 fully saturated rings. The first-order valence-corrected chi connectivity index (χ1v) is 7.22. The van der Waals surface area contributed by atoms with Crippen molar-refractivity contribution in [2.75, 3.05) is 0 Å². The molecule has 0 radical (unpaired) electrons. The Kier molecular flexibility index (Phi) is 4.07. The van der Waals surface area contributed by atoms with Crippen LogP contribution in [0.25, 0.3) is 5.57 Å². The van der Waals surface area contributed by atoms with E-state index in [1.165, 1.54) is 18.2 Å². The Morgan fingerprint density at radius 2 is 1.71 bits per heavy atom. The number of benzene rings is 2. The Labute approximate surface area is 135 Å². The van der Waals surface area contributed by atoms with Crippen molar-refractivity contribution in [1.29, 1.82) is 0 Å². The van der Waals surface area contributed by atoms with Crippen LogP contribution in [-0.4, -0.2) is 6.17 Å². The van der Waals surface area contributed by atoms with Gasteiger partial charge in [-0.05, 0) is 29.3 Å². The minimum atomic E-state index is -3.82. The van der Waals surface area contributed by atoms with E-state index in [0.717, 1.165) is 18.2 Å².